The number of benzene rings is 1. The number of halogens is 2. The smallest absolute Gasteiger partial charge is 0.129 e. The first-order chi connectivity index (χ1) is 7.22. The molecule has 1 atom stereocenters. The molecule has 15 heavy (non-hydrogen) atoms. The molecule has 1 N–H and O–H groups in total. The highest BCUT2D eigenvalue weighted by Crippen LogP contribution is 2.38. The zero-order valence-corrected chi connectivity index (χ0v) is 10.3. The van der Waals surface area contributed by atoms with Crippen LogP contribution in [0.15, 0.2) is 22.7 Å². The fourth-order valence-electron chi connectivity index (χ4n) is 2.17. The summed E-state index contributed by atoms with van der Waals surface area (Å²) in [6.45, 7) is 0. The van der Waals surface area contributed by atoms with Crippen molar-refractivity contribution in [2.45, 2.75) is 25.3 Å². The highest BCUT2D eigenvalue weighted by Gasteiger charge is 2.28. The molecule has 1 fully saturated rings. The van der Waals surface area contributed by atoms with Crippen LogP contribution in [0.4, 0.5) is 4.39 Å². The van der Waals surface area contributed by atoms with Gasteiger partial charge in [-0.1, -0.05) is 28.4 Å². The van der Waals surface area contributed by atoms with E-state index in [4.69, 9.17) is 0 Å². The maximum absolute atomic E-state index is 13.7. The minimum atomic E-state index is -0.115. The van der Waals surface area contributed by atoms with Crippen molar-refractivity contribution in [1.29, 1.82) is 0 Å². The normalized spacial score (nSPS) is 18.6. The molecular weight excluding hydrogens is 257 g/mol. The van der Waals surface area contributed by atoms with Crippen LogP contribution in [-0.4, -0.2) is 7.05 Å². The van der Waals surface area contributed by atoms with E-state index in [-0.39, 0.29) is 11.9 Å². The molecule has 0 aliphatic heterocycles. The molecule has 1 aliphatic rings. The second kappa shape index (κ2) is 4.62. The van der Waals surface area contributed by atoms with Crippen LogP contribution in [0.25, 0.3) is 0 Å². The van der Waals surface area contributed by atoms with Gasteiger partial charge in [-0.2, -0.15) is 0 Å². The zero-order chi connectivity index (χ0) is 10.8. The highest BCUT2D eigenvalue weighted by atomic mass is 79.9. The maximum Gasteiger partial charge on any atom is 0.129 e. The van der Waals surface area contributed by atoms with Crippen LogP contribution < -0.4 is 5.32 Å². The van der Waals surface area contributed by atoms with Crippen LogP contribution in [0.2, 0.25) is 0 Å². The van der Waals surface area contributed by atoms with Crippen LogP contribution in [0.3, 0.4) is 0 Å². The summed E-state index contributed by atoms with van der Waals surface area (Å²) < 4.78 is 14.5. The van der Waals surface area contributed by atoms with E-state index in [9.17, 15) is 4.39 Å². The minimum Gasteiger partial charge on any atom is -0.313 e. The zero-order valence-electron chi connectivity index (χ0n) is 8.76. The summed E-state index contributed by atoms with van der Waals surface area (Å²) in [5.74, 6) is 0.487. The van der Waals surface area contributed by atoms with Gasteiger partial charge < -0.3 is 5.32 Å². The Labute approximate surface area is 98.2 Å². The Hall–Kier alpha value is -0.410. The van der Waals surface area contributed by atoms with E-state index < -0.39 is 0 Å². The van der Waals surface area contributed by atoms with E-state index in [1.165, 1.54) is 19.3 Å². The largest absolute Gasteiger partial charge is 0.313 e. The monoisotopic (exact) mass is 271 g/mol. The van der Waals surface area contributed by atoms with E-state index in [0.717, 1.165) is 10.0 Å². The lowest BCUT2D eigenvalue weighted by Crippen LogP contribution is -2.30. The minimum absolute atomic E-state index is 0.115. The predicted molar refractivity (Wildman–Crippen MR) is 63.2 cm³/mol. The third kappa shape index (κ3) is 2.23. The van der Waals surface area contributed by atoms with Crippen LogP contribution in [-0.2, 0) is 0 Å². The van der Waals surface area contributed by atoms with Gasteiger partial charge in [0, 0.05) is 16.1 Å². The molecule has 1 unspecified atom stereocenters. The van der Waals surface area contributed by atoms with Crippen molar-refractivity contribution in [2.24, 2.45) is 5.92 Å². The van der Waals surface area contributed by atoms with E-state index >= 15 is 0 Å². The molecule has 3 heteroatoms. The molecule has 1 aromatic rings. The summed E-state index contributed by atoms with van der Waals surface area (Å²) in [6.07, 6.45) is 3.70. The van der Waals surface area contributed by atoms with Crippen LogP contribution >= 0.6 is 15.9 Å². The van der Waals surface area contributed by atoms with Gasteiger partial charge in [0.05, 0.1) is 0 Å². The first kappa shape index (κ1) is 11.1. The Morgan fingerprint density at radius 3 is 2.67 bits per heavy atom. The Morgan fingerprint density at radius 2 is 2.20 bits per heavy atom. The summed E-state index contributed by atoms with van der Waals surface area (Å²) in [7, 11) is 1.91. The van der Waals surface area contributed by atoms with Crippen molar-refractivity contribution >= 4 is 15.9 Å². The van der Waals surface area contributed by atoms with Crippen molar-refractivity contribution in [1.82, 2.24) is 5.32 Å². The molecule has 1 aliphatic carbocycles. The van der Waals surface area contributed by atoms with Gasteiger partial charge in [-0.3, -0.25) is 0 Å². The lowest BCUT2D eigenvalue weighted by molar-refractivity contribution is 0.235. The van der Waals surface area contributed by atoms with Crippen molar-refractivity contribution in [3.05, 3.63) is 34.1 Å². The molecule has 0 radical (unpaired) electrons. The average Bonchev–Trinajstić information content (AvgIpc) is 2.12. The van der Waals surface area contributed by atoms with Crippen LogP contribution in [0.1, 0.15) is 30.9 Å². The molecule has 1 saturated carbocycles. The Kier molecular flexibility index (Phi) is 3.42. The molecule has 0 amide bonds. The topological polar surface area (TPSA) is 12.0 Å². The van der Waals surface area contributed by atoms with Gasteiger partial charge in [0.25, 0.3) is 0 Å². The Morgan fingerprint density at radius 1 is 1.47 bits per heavy atom. The lowest BCUT2D eigenvalue weighted by atomic mass is 9.77. The predicted octanol–water partition coefficient (Wildman–Crippen LogP) is 3.65. The fraction of sp³-hybridized carbons (Fsp3) is 0.500. The number of hydrogen-bond acceptors (Lipinski definition) is 1. The van der Waals surface area contributed by atoms with E-state index in [1.54, 1.807) is 6.07 Å². The van der Waals surface area contributed by atoms with Gasteiger partial charge in [-0.05, 0) is 37.9 Å². The van der Waals surface area contributed by atoms with Gasteiger partial charge in [-0.25, -0.2) is 4.39 Å². The fourth-order valence-corrected chi connectivity index (χ4v) is 2.51. The van der Waals surface area contributed by atoms with E-state index in [2.05, 4.69) is 21.2 Å². The quantitative estimate of drug-likeness (QED) is 0.885. The van der Waals surface area contributed by atoms with Crippen molar-refractivity contribution in [3.8, 4) is 0 Å². The summed E-state index contributed by atoms with van der Waals surface area (Å²) >= 11 is 3.27. The van der Waals surface area contributed by atoms with Crippen LogP contribution in [0, 0.1) is 11.7 Å². The third-order valence-corrected chi connectivity index (χ3v) is 3.72. The first-order valence-electron chi connectivity index (χ1n) is 5.34. The molecule has 82 valence electrons. The SMILES string of the molecule is CNC(c1ccc(Br)cc1F)C1CCC1. The molecule has 0 bridgehead atoms. The maximum atomic E-state index is 13.7. The van der Waals surface area contributed by atoms with Gasteiger partial charge >= 0.3 is 0 Å². The molecule has 0 spiro atoms. The molecule has 1 nitrogen and oxygen atoms in total. The number of rotatable bonds is 3. The molecule has 0 heterocycles. The number of nitrogens with one attached hydrogen (secondary N) is 1. The van der Waals surface area contributed by atoms with Gasteiger partial charge in [0.1, 0.15) is 5.82 Å². The summed E-state index contributed by atoms with van der Waals surface area (Å²) in [4.78, 5) is 0. The first-order valence-corrected chi connectivity index (χ1v) is 6.14. The van der Waals surface area contributed by atoms with Gasteiger partial charge in [0.15, 0.2) is 0 Å². The van der Waals surface area contributed by atoms with Gasteiger partial charge in [-0.15, -0.1) is 0 Å². The van der Waals surface area contributed by atoms with Crippen molar-refractivity contribution in [2.75, 3.05) is 7.05 Å². The van der Waals surface area contributed by atoms with E-state index in [1.807, 2.05) is 19.2 Å². The standard InChI is InChI=1S/C12H15BrFN/c1-15-12(8-3-2-4-8)10-6-5-9(13)7-11(10)14/h5-8,12,15H,2-4H2,1H3. The van der Waals surface area contributed by atoms with Gasteiger partial charge in [0.2, 0.25) is 0 Å². The average molecular weight is 272 g/mol. The summed E-state index contributed by atoms with van der Waals surface area (Å²) in [5, 5.41) is 3.23. The van der Waals surface area contributed by atoms with Crippen molar-refractivity contribution in [3.63, 3.8) is 0 Å². The molecular formula is C12H15BrFN. The van der Waals surface area contributed by atoms with Crippen molar-refractivity contribution < 1.29 is 4.39 Å². The van der Waals surface area contributed by atoms with E-state index in [0.29, 0.717) is 5.92 Å². The third-order valence-electron chi connectivity index (χ3n) is 3.23. The summed E-state index contributed by atoms with van der Waals surface area (Å²) in [6, 6.07) is 5.49. The lowest BCUT2D eigenvalue weighted by Gasteiger charge is -2.34. The Bertz CT molecular complexity index is 349. The molecule has 0 saturated heterocycles. The summed E-state index contributed by atoms with van der Waals surface area (Å²) in [5.41, 5.74) is 0.797. The second-order valence-corrected chi connectivity index (χ2v) is 5.04. The molecule has 0 aromatic heterocycles. The Balaban J connectivity index is 2.25. The second-order valence-electron chi connectivity index (χ2n) is 4.12. The highest BCUT2D eigenvalue weighted by molar-refractivity contribution is 9.10. The molecule has 1 aromatic carbocycles. The number of hydrogen-bond donors (Lipinski definition) is 1. The molecule has 2 rings (SSSR count). The van der Waals surface area contributed by atoms with Crippen LogP contribution in [0.5, 0.6) is 0 Å².